The van der Waals surface area contributed by atoms with E-state index in [0.717, 1.165) is 0 Å². The zero-order valence-corrected chi connectivity index (χ0v) is 11.8. The maximum Gasteiger partial charge on any atom is 0.354 e. The minimum Gasteiger partial charge on any atom is -0.464 e. The summed E-state index contributed by atoms with van der Waals surface area (Å²) in [6.07, 6.45) is -0.119. The van der Waals surface area contributed by atoms with E-state index < -0.39 is 5.97 Å². The molecule has 0 atom stereocenters. The van der Waals surface area contributed by atoms with Gasteiger partial charge in [0.05, 0.1) is 13.5 Å². The van der Waals surface area contributed by atoms with Crippen molar-refractivity contribution in [3.05, 3.63) is 34.9 Å². The molecular formula is C13H15ClN2O3. The van der Waals surface area contributed by atoms with Gasteiger partial charge in [-0.25, -0.2) is 4.79 Å². The first-order valence-electron chi connectivity index (χ1n) is 5.56. The monoisotopic (exact) mass is 282 g/mol. The van der Waals surface area contributed by atoms with Crippen LogP contribution >= 0.6 is 11.6 Å². The number of carbonyl (C=O) groups excluding carboxylic acids is 2. The van der Waals surface area contributed by atoms with Crippen molar-refractivity contribution in [2.24, 2.45) is 5.10 Å². The molecule has 0 saturated carbocycles. The number of methoxy groups -OCH3 is 1. The van der Waals surface area contributed by atoms with Gasteiger partial charge in [0.2, 0.25) is 0 Å². The van der Waals surface area contributed by atoms with Gasteiger partial charge in [0, 0.05) is 24.7 Å². The van der Waals surface area contributed by atoms with Gasteiger partial charge in [0.15, 0.2) is 11.5 Å². The topological polar surface area (TPSA) is 59.0 Å². The standard InChI is InChI=1S/C13H15ClN2O3/c1-16(2)15-11(13(18)19-3)8-12(17)9-4-6-10(14)7-5-9/h4-7H,8H2,1-3H3/b15-11-. The summed E-state index contributed by atoms with van der Waals surface area (Å²) in [6.45, 7) is 0. The van der Waals surface area contributed by atoms with Crippen LogP contribution in [0.5, 0.6) is 0 Å². The first kappa shape index (κ1) is 15.2. The lowest BCUT2D eigenvalue weighted by molar-refractivity contribution is -0.132. The molecule has 102 valence electrons. The van der Waals surface area contributed by atoms with E-state index in [1.807, 2.05) is 0 Å². The molecule has 1 aromatic rings. The largest absolute Gasteiger partial charge is 0.464 e. The SMILES string of the molecule is COC(=O)/C(CC(=O)c1ccc(Cl)cc1)=N\N(C)C. The summed E-state index contributed by atoms with van der Waals surface area (Å²) in [4.78, 5) is 23.5. The molecule has 0 amide bonds. The third-order valence-corrected chi connectivity index (χ3v) is 2.49. The Morgan fingerprint density at radius 3 is 2.32 bits per heavy atom. The van der Waals surface area contributed by atoms with E-state index in [1.165, 1.54) is 12.1 Å². The highest BCUT2D eigenvalue weighted by molar-refractivity contribution is 6.40. The number of hydrazone groups is 1. The molecule has 1 aromatic carbocycles. The Kier molecular flexibility index (Phi) is 5.51. The summed E-state index contributed by atoms with van der Waals surface area (Å²) in [5.41, 5.74) is 0.534. The molecular weight excluding hydrogens is 268 g/mol. The zero-order chi connectivity index (χ0) is 14.4. The second-order valence-corrected chi connectivity index (χ2v) is 4.43. The fourth-order valence-electron chi connectivity index (χ4n) is 1.40. The fraction of sp³-hybridized carbons (Fsp3) is 0.308. The number of carbonyl (C=O) groups is 2. The Morgan fingerprint density at radius 2 is 1.84 bits per heavy atom. The van der Waals surface area contributed by atoms with Gasteiger partial charge in [0.25, 0.3) is 0 Å². The van der Waals surface area contributed by atoms with Crippen molar-refractivity contribution in [3.63, 3.8) is 0 Å². The smallest absolute Gasteiger partial charge is 0.354 e. The maximum atomic E-state index is 12.0. The van der Waals surface area contributed by atoms with E-state index in [2.05, 4.69) is 9.84 Å². The lowest BCUT2D eigenvalue weighted by Crippen LogP contribution is -2.23. The van der Waals surface area contributed by atoms with Crippen LogP contribution < -0.4 is 0 Å². The van der Waals surface area contributed by atoms with E-state index in [1.54, 1.807) is 38.4 Å². The highest BCUT2D eigenvalue weighted by Gasteiger charge is 2.18. The average Bonchev–Trinajstić information content (AvgIpc) is 2.37. The lowest BCUT2D eigenvalue weighted by Gasteiger charge is -2.09. The van der Waals surface area contributed by atoms with E-state index in [0.29, 0.717) is 10.6 Å². The zero-order valence-electron chi connectivity index (χ0n) is 11.0. The van der Waals surface area contributed by atoms with Gasteiger partial charge in [-0.3, -0.25) is 4.79 Å². The van der Waals surface area contributed by atoms with Crippen molar-refractivity contribution in [2.75, 3.05) is 21.2 Å². The first-order chi connectivity index (χ1) is 8.93. The lowest BCUT2D eigenvalue weighted by atomic mass is 10.1. The molecule has 0 N–H and O–H groups in total. The molecule has 0 fully saturated rings. The number of esters is 1. The fourth-order valence-corrected chi connectivity index (χ4v) is 1.52. The maximum absolute atomic E-state index is 12.0. The summed E-state index contributed by atoms with van der Waals surface area (Å²) in [5.74, 6) is -0.835. The predicted molar refractivity (Wildman–Crippen MR) is 73.5 cm³/mol. The van der Waals surface area contributed by atoms with Crippen LogP contribution in [0.4, 0.5) is 0 Å². The second kappa shape index (κ2) is 6.89. The predicted octanol–water partition coefficient (Wildman–Crippen LogP) is 2.00. The van der Waals surface area contributed by atoms with E-state index in [-0.39, 0.29) is 17.9 Å². The molecule has 0 unspecified atom stereocenters. The van der Waals surface area contributed by atoms with Gasteiger partial charge >= 0.3 is 5.97 Å². The molecule has 0 aliphatic rings. The summed E-state index contributed by atoms with van der Waals surface area (Å²) in [6, 6.07) is 6.45. The molecule has 0 saturated heterocycles. The molecule has 0 aliphatic carbocycles. The van der Waals surface area contributed by atoms with Crippen LogP contribution in [0, 0.1) is 0 Å². The van der Waals surface area contributed by atoms with Gasteiger partial charge in [-0.05, 0) is 24.3 Å². The molecule has 6 heteroatoms. The minimum atomic E-state index is -0.615. The Labute approximate surface area is 116 Å². The van der Waals surface area contributed by atoms with Crippen molar-refractivity contribution in [1.29, 1.82) is 0 Å². The Balaban J connectivity index is 2.88. The van der Waals surface area contributed by atoms with Crippen LogP contribution in [-0.2, 0) is 9.53 Å². The normalized spacial score (nSPS) is 11.1. The van der Waals surface area contributed by atoms with E-state index in [9.17, 15) is 9.59 Å². The first-order valence-corrected chi connectivity index (χ1v) is 5.93. The summed E-state index contributed by atoms with van der Waals surface area (Å²) < 4.78 is 4.60. The van der Waals surface area contributed by atoms with Gasteiger partial charge in [-0.2, -0.15) is 5.10 Å². The van der Waals surface area contributed by atoms with Crippen molar-refractivity contribution >= 4 is 29.1 Å². The van der Waals surface area contributed by atoms with Crippen LogP contribution in [0.2, 0.25) is 5.02 Å². The number of hydrogen-bond acceptors (Lipinski definition) is 5. The van der Waals surface area contributed by atoms with Crippen molar-refractivity contribution in [1.82, 2.24) is 5.01 Å². The molecule has 0 aliphatic heterocycles. The van der Waals surface area contributed by atoms with Crippen LogP contribution in [0.25, 0.3) is 0 Å². The van der Waals surface area contributed by atoms with Gasteiger partial charge < -0.3 is 9.75 Å². The van der Waals surface area contributed by atoms with Crippen LogP contribution in [0.15, 0.2) is 29.4 Å². The van der Waals surface area contributed by atoms with Crippen molar-refractivity contribution in [2.45, 2.75) is 6.42 Å². The van der Waals surface area contributed by atoms with Crippen LogP contribution in [0.3, 0.4) is 0 Å². The summed E-state index contributed by atoms with van der Waals surface area (Å²) in [7, 11) is 4.58. The molecule has 0 aromatic heterocycles. The van der Waals surface area contributed by atoms with E-state index in [4.69, 9.17) is 11.6 Å². The molecule has 5 nitrogen and oxygen atoms in total. The molecule has 0 spiro atoms. The van der Waals surface area contributed by atoms with Crippen LogP contribution in [0.1, 0.15) is 16.8 Å². The summed E-state index contributed by atoms with van der Waals surface area (Å²) >= 11 is 5.75. The number of halogens is 1. The molecule has 0 radical (unpaired) electrons. The van der Waals surface area contributed by atoms with E-state index >= 15 is 0 Å². The quantitative estimate of drug-likeness (QED) is 0.359. The van der Waals surface area contributed by atoms with Gasteiger partial charge in [0.1, 0.15) is 0 Å². The van der Waals surface area contributed by atoms with Gasteiger partial charge in [-0.1, -0.05) is 11.6 Å². The molecule has 19 heavy (non-hydrogen) atoms. The third-order valence-electron chi connectivity index (χ3n) is 2.24. The number of Topliss-reactive ketones (excluding diaryl/α,β-unsaturated/α-hetero) is 1. The Hall–Kier alpha value is -1.88. The number of rotatable bonds is 5. The number of ketones is 1. The van der Waals surface area contributed by atoms with Crippen LogP contribution in [-0.4, -0.2) is 43.7 Å². The third kappa shape index (κ3) is 4.71. The molecule has 1 rings (SSSR count). The number of ether oxygens (including phenoxy) is 1. The number of benzene rings is 1. The minimum absolute atomic E-state index is 0.0625. The molecule has 0 bridgehead atoms. The highest BCUT2D eigenvalue weighted by atomic mass is 35.5. The molecule has 0 heterocycles. The number of hydrogen-bond donors (Lipinski definition) is 0. The highest BCUT2D eigenvalue weighted by Crippen LogP contribution is 2.11. The van der Waals surface area contributed by atoms with Crippen molar-refractivity contribution < 1.29 is 14.3 Å². The van der Waals surface area contributed by atoms with Crippen molar-refractivity contribution in [3.8, 4) is 0 Å². The Bertz CT molecular complexity index is 495. The Morgan fingerprint density at radius 1 is 1.26 bits per heavy atom. The summed E-state index contributed by atoms with van der Waals surface area (Å²) in [5, 5.41) is 5.95. The second-order valence-electron chi connectivity index (χ2n) is 3.99. The average molecular weight is 283 g/mol. The number of nitrogens with zero attached hydrogens (tertiary/aromatic N) is 2. The van der Waals surface area contributed by atoms with Gasteiger partial charge in [-0.15, -0.1) is 0 Å².